The highest BCUT2D eigenvalue weighted by atomic mass is 35.5. The lowest BCUT2D eigenvalue weighted by molar-refractivity contribution is 0.321. The minimum absolute atomic E-state index is 0.466. The number of anilines is 1. The molecule has 0 amide bonds. The highest BCUT2D eigenvalue weighted by Crippen LogP contribution is 2.34. The second-order valence-corrected chi connectivity index (χ2v) is 7.12. The molecule has 1 aliphatic carbocycles. The molecule has 1 saturated carbocycles. The molecule has 2 nitrogen and oxygen atoms in total. The standard InChI is InChI=1S/C18H29ClN2/c1-13(2)20-12-15-16(19)9-7-11-18(15)21(4)17-10-6-5-8-14(17)3/h7,9,11,13-14,17,20H,5-6,8,10,12H2,1-4H3. The van der Waals surface area contributed by atoms with Gasteiger partial charge < -0.3 is 10.2 Å². The molecule has 1 aromatic carbocycles. The van der Waals surface area contributed by atoms with E-state index in [4.69, 9.17) is 11.6 Å². The van der Waals surface area contributed by atoms with Crippen molar-refractivity contribution in [3.8, 4) is 0 Å². The topological polar surface area (TPSA) is 15.3 Å². The van der Waals surface area contributed by atoms with E-state index in [1.165, 1.54) is 36.9 Å². The van der Waals surface area contributed by atoms with E-state index in [-0.39, 0.29) is 0 Å². The Bertz CT molecular complexity index is 459. The summed E-state index contributed by atoms with van der Waals surface area (Å²) in [5.74, 6) is 0.758. The molecular formula is C18H29ClN2. The Balaban J connectivity index is 2.22. The van der Waals surface area contributed by atoms with Crippen LogP contribution in [0, 0.1) is 5.92 Å². The van der Waals surface area contributed by atoms with Gasteiger partial charge >= 0.3 is 0 Å². The van der Waals surface area contributed by atoms with Gasteiger partial charge in [-0.1, -0.05) is 51.3 Å². The van der Waals surface area contributed by atoms with Gasteiger partial charge in [-0.25, -0.2) is 0 Å². The summed E-state index contributed by atoms with van der Waals surface area (Å²) in [6.45, 7) is 7.56. The number of halogens is 1. The Hall–Kier alpha value is -0.730. The van der Waals surface area contributed by atoms with Crippen LogP contribution in [-0.4, -0.2) is 19.1 Å². The fourth-order valence-corrected chi connectivity index (χ4v) is 3.65. The van der Waals surface area contributed by atoms with Crippen molar-refractivity contribution >= 4 is 17.3 Å². The van der Waals surface area contributed by atoms with E-state index in [0.717, 1.165) is 17.5 Å². The molecule has 21 heavy (non-hydrogen) atoms. The van der Waals surface area contributed by atoms with Gasteiger partial charge in [-0.05, 0) is 30.9 Å². The maximum Gasteiger partial charge on any atom is 0.0471 e. The lowest BCUT2D eigenvalue weighted by Gasteiger charge is -2.38. The van der Waals surface area contributed by atoms with Crippen molar-refractivity contribution in [1.82, 2.24) is 5.32 Å². The van der Waals surface area contributed by atoms with Gasteiger partial charge in [0.1, 0.15) is 0 Å². The summed E-state index contributed by atoms with van der Waals surface area (Å²) >= 11 is 6.47. The lowest BCUT2D eigenvalue weighted by Crippen LogP contribution is -2.39. The molecule has 2 unspecified atom stereocenters. The van der Waals surface area contributed by atoms with Gasteiger partial charge in [-0.2, -0.15) is 0 Å². The zero-order valence-corrected chi connectivity index (χ0v) is 14.6. The maximum absolute atomic E-state index is 6.47. The molecule has 118 valence electrons. The first kappa shape index (κ1) is 16.6. The van der Waals surface area contributed by atoms with Gasteiger partial charge in [-0.3, -0.25) is 0 Å². The van der Waals surface area contributed by atoms with Crippen molar-refractivity contribution in [3.05, 3.63) is 28.8 Å². The quantitative estimate of drug-likeness (QED) is 0.836. The van der Waals surface area contributed by atoms with E-state index < -0.39 is 0 Å². The Kier molecular flexibility index (Phi) is 5.95. The number of hydrogen-bond acceptors (Lipinski definition) is 2. The summed E-state index contributed by atoms with van der Waals surface area (Å²) in [6.07, 6.45) is 5.36. The van der Waals surface area contributed by atoms with E-state index in [2.05, 4.69) is 50.2 Å². The lowest BCUT2D eigenvalue weighted by atomic mass is 9.84. The third kappa shape index (κ3) is 4.14. The van der Waals surface area contributed by atoms with Crippen LogP contribution in [-0.2, 0) is 6.54 Å². The molecule has 1 fully saturated rings. The van der Waals surface area contributed by atoms with Crippen LogP contribution in [0.25, 0.3) is 0 Å². The van der Waals surface area contributed by atoms with Crippen LogP contribution < -0.4 is 10.2 Å². The minimum atomic E-state index is 0.466. The number of nitrogens with one attached hydrogen (secondary N) is 1. The van der Waals surface area contributed by atoms with Crippen LogP contribution in [0.2, 0.25) is 5.02 Å². The maximum atomic E-state index is 6.47. The highest BCUT2D eigenvalue weighted by Gasteiger charge is 2.26. The zero-order valence-electron chi connectivity index (χ0n) is 13.8. The first-order chi connectivity index (χ1) is 10.0. The minimum Gasteiger partial charge on any atom is -0.371 e. The Morgan fingerprint density at radius 2 is 2.00 bits per heavy atom. The SMILES string of the molecule is CC(C)NCc1c(Cl)cccc1N(C)C1CCCCC1C. The summed E-state index contributed by atoms with van der Waals surface area (Å²) in [7, 11) is 2.23. The Labute approximate surface area is 134 Å². The van der Waals surface area contributed by atoms with Crippen LogP contribution >= 0.6 is 11.6 Å². The fraction of sp³-hybridized carbons (Fsp3) is 0.667. The van der Waals surface area contributed by atoms with E-state index in [0.29, 0.717) is 12.1 Å². The molecule has 2 rings (SSSR count). The van der Waals surface area contributed by atoms with Crippen LogP contribution in [0.4, 0.5) is 5.69 Å². The third-order valence-electron chi connectivity index (χ3n) is 4.72. The molecular weight excluding hydrogens is 280 g/mol. The molecule has 0 bridgehead atoms. The summed E-state index contributed by atoms with van der Waals surface area (Å²) in [4.78, 5) is 2.47. The number of benzene rings is 1. The van der Waals surface area contributed by atoms with Crippen molar-refractivity contribution in [2.45, 2.75) is 65.1 Å². The van der Waals surface area contributed by atoms with Crippen molar-refractivity contribution in [3.63, 3.8) is 0 Å². The van der Waals surface area contributed by atoms with Gasteiger partial charge in [0.25, 0.3) is 0 Å². The van der Waals surface area contributed by atoms with E-state index in [1.54, 1.807) is 0 Å². The molecule has 1 aliphatic rings. The van der Waals surface area contributed by atoms with Crippen molar-refractivity contribution < 1.29 is 0 Å². The fourth-order valence-electron chi connectivity index (χ4n) is 3.41. The van der Waals surface area contributed by atoms with Gasteiger partial charge in [0.2, 0.25) is 0 Å². The number of hydrogen-bond donors (Lipinski definition) is 1. The van der Waals surface area contributed by atoms with Crippen LogP contribution in [0.5, 0.6) is 0 Å². The van der Waals surface area contributed by atoms with Gasteiger partial charge in [0, 0.05) is 41.9 Å². The van der Waals surface area contributed by atoms with Crippen LogP contribution in [0.3, 0.4) is 0 Å². The molecule has 2 atom stereocenters. The predicted octanol–water partition coefficient (Wildman–Crippen LogP) is 4.85. The van der Waals surface area contributed by atoms with E-state index in [1.807, 2.05) is 6.07 Å². The van der Waals surface area contributed by atoms with Crippen molar-refractivity contribution in [2.75, 3.05) is 11.9 Å². The van der Waals surface area contributed by atoms with Gasteiger partial charge in [-0.15, -0.1) is 0 Å². The molecule has 0 aliphatic heterocycles. The first-order valence-corrected chi connectivity index (χ1v) is 8.62. The first-order valence-electron chi connectivity index (χ1n) is 8.24. The molecule has 1 N–H and O–H groups in total. The molecule has 1 aromatic rings. The highest BCUT2D eigenvalue weighted by molar-refractivity contribution is 6.31. The largest absolute Gasteiger partial charge is 0.371 e. The second kappa shape index (κ2) is 7.51. The second-order valence-electron chi connectivity index (χ2n) is 6.71. The van der Waals surface area contributed by atoms with Crippen LogP contribution in [0.15, 0.2) is 18.2 Å². The predicted molar refractivity (Wildman–Crippen MR) is 93.3 cm³/mol. The monoisotopic (exact) mass is 308 g/mol. The molecule has 0 radical (unpaired) electrons. The average Bonchev–Trinajstić information content (AvgIpc) is 2.45. The molecule has 0 spiro atoms. The zero-order chi connectivity index (χ0) is 15.4. The van der Waals surface area contributed by atoms with Crippen molar-refractivity contribution in [1.29, 1.82) is 0 Å². The number of rotatable bonds is 5. The normalized spacial score (nSPS) is 22.6. The summed E-state index contributed by atoms with van der Waals surface area (Å²) in [5, 5.41) is 4.37. The Morgan fingerprint density at radius 1 is 1.29 bits per heavy atom. The average molecular weight is 309 g/mol. The number of nitrogens with zero attached hydrogens (tertiary/aromatic N) is 1. The Morgan fingerprint density at radius 3 is 2.67 bits per heavy atom. The van der Waals surface area contributed by atoms with Crippen LogP contribution in [0.1, 0.15) is 52.0 Å². The van der Waals surface area contributed by atoms with Crippen molar-refractivity contribution in [2.24, 2.45) is 5.92 Å². The summed E-state index contributed by atoms with van der Waals surface area (Å²) in [6, 6.07) is 7.38. The summed E-state index contributed by atoms with van der Waals surface area (Å²) < 4.78 is 0. The smallest absolute Gasteiger partial charge is 0.0471 e. The molecule has 0 aromatic heterocycles. The molecule has 0 saturated heterocycles. The van der Waals surface area contributed by atoms with E-state index in [9.17, 15) is 0 Å². The third-order valence-corrected chi connectivity index (χ3v) is 5.08. The van der Waals surface area contributed by atoms with Gasteiger partial charge in [0.05, 0.1) is 0 Å². The van der Waals surface area contributed by atoms with E-state index >= 15 is 0 Å². The molecule has 0 heterocycles. The molecule has 3 heteroatoms. The van der Waals surface area contributed by atoms with Gasteiger partial charge in [0.15, 0.2) is 0 Å². The summed E-state index contributed by atoms with van der Waals surface area (Å²) in [5.41, 5.74) is 2.52.